The van der Waals surface area contributed by atoms with E-state index in [1.807, 2.05) is 0 Å². The zero-order valence-electron chi connectivity index (χ0n) is 10.7. The van der Waals surface area contributed by atoms with E-state index in [0.29, 0.717) is 0 Å². The van der Waals surface area contributed by atoms with Crippen LogP contribution in [0, 0.1) is 0 Å². The number of aliphatic carboxylic acids is 1. The standard InChI is InChI=1S/C9H14F3NO6S/c1-8(7(15)16,9(10,11)12)13-20(17,18)5-3-4-6(14)19-2/h13H,3-5H2,1-2H3,(H,15,16). The summed E-state index contributed by atoms with van der Waals surface area (Å²) in [6.07, 6.45) is -5.92. The van der Waals surface area contributed by atoms with Crippen molar-refractivity contribution < 1.29 is 41.0 Å². The lowest BCUT2D eigenvalue weighted by atomic mass is 10.0. The number of carboxylic acids is 1. The molecule has 0 saturated heterocycles. The van der Waals surface area contributed by atoms with Gasteiger partial charge in [-0.05, 0) is 13.3 Å². The quantitative estimate of drug-likeness (QED) is 0.651. The lowest BCUT2D eigenvalue weighted by Gasteiger charge is -2.28. The van der Waals surface area contributed by atoms with Crippen LogP contribution in [0.15, 0.2) is 0 Å². The summed E-state index contributed by atoms with van der Waals surface area (Å²) in [5, 5.41) is 8.56. The Hall–Kier alpha value is -1.36. The zero-order chi connectivity index (χ0) is 16.2. The number of carboxylic acid groups (broad SMARTS) is 1. The van der Waals surface area contributed by atoms with Crippen molar-refractivity contribution in [3.8, 4) is 0 Å². The van der Waals surface area contributed by atoms with Crippen molar-refractivity contribution >= 4 is 22.0 Å². The number of carbonyl (C=O) groups excluding carboxylic acids is 1. The molecule has 1 atom stereocenters. The maximum Gasteiger partial charge on any atom is 0.418 e. The Bertz CT molecular complexity index is 475. The van der Waals surface area contributed by atoms with E-state index in [1.165, 1.54) is 0 Å². The van der Waals surface area contributed by atoms with Gasteiger partial charge in [0, 0.05) is 6.42 Å². The van der Waals surface area contributed by atoms with E-state index in [9.17, 15) is 31.2 Å². The normalized spacial score (nSPS) is 15.4. The summed E-state index contributed by atoms with van der Waals surface area (Å²) in [7, 11) is -3.46. The minimum Gasteiger partial charge on any atom is -0.480 e. The van der Waals surface area contributed by atoms with Gasteiger partial charge in [0.2, 0.25) is 15.6 Å². The average Bonchev–Trinajstić information content (AvgIpc) is 2.25. The third-order valence-electron chi connectivity index (χ3n) is 2.38. The van der Waals surface area contributed by atoms with Gasteiger partial charge in [-0.3, -0.25) is 4.79 Å². The summed E-state index contributed by atoms with van der Waals surface area (Å²) < 4.78 is 66.0. The van der Waals surface area contributed by atoms with Crippen LogP contribution in [-0.2, 0) is 24.3 Å². The number of alkyl halides is 3. The number of sulfonamides is 1. The van der Waals surface area contributed by atoms with Gasteiger partial charge in [-0.25, -0.2) is 13.2 Å². The Kier molecular flexibility index (Phi) is 5.96. The Labute approximate surface area is 113 Å². The van der Waals surface area contributed by atoms with Crippen molar-refractivity contribution in [2.75, 3.05) is 12.9 Å². The predicted molar refractivity (Wildman–Crippen MR) is 60.3 cm³/mol. The molecule has 1 unspecified atom stereocenters. The van der Waals surface area contributed by atoms with E-state index >= 15 is 0 Å². The molecule has 0 aromatic carbocycles. The summed E-state index contributed by atoms with van der Waals surface area (Å²) in [5.41, 5.74) is -3.63. The molecule has 0 amide bonds. The SMILES string of the molecule is COC(=O)CCCS(=O)(=O)NC(C)(C(=O)O)C(F)(F)F. The molecule has 0 heterocycles. The monoisotopic (exact) mass is 321 g/mol. The first kappa shape index (κ1) is 18.6. The first-order valence-corrected chi connectivity index (χ1v) is 6.89. The van der Waals surface area contributed by atoms with Crippen LogP contribution in [0.5, 0.6) is 0 Å². The highest BCUT2D eigenvalue weighted by atomic mass is 32.2. The van der Waals surface area contributed by atoms with Crippen molar-refractivity contribution in [3.05, 3.63) is 0 Å². The minimum atomic E-state index is -5.31. The number of rotatable bonds is 7. The molecule has 0 aliphatic carbocycles. The van der Waals surface area contributed by atoms with Crippen molar-refractivity contribution in [1.82, 2.24) is 4.72 Å². The second kappa shape index (κ2) is 6.39. The number of esters is 1. The van der Waals surface area contributed by atoms with Gasteiger partial charge in [0.25, 0.3) is 0 Å². The lowest BCUT2D eigenvalue weighted by Crippen LogP contribution is -2.62. The van der Waals surface area contributed by atoms with Gasteiger partial charge in [0.15, 0.2) is 0 Å². The molecule has 0 aromatic rings. The van der Waals surface area contributed by atoms with Crippen molar-refractivity contribution in [3.63, 3.8) is 0 Å². The molecule has 0 radical (unpaired) electrons. The number of methoxy groups -OCH3 is 1. The fourth-order valence-corrected chi connectivity index (χ4v) is 2.54. The number of nitrogens with one attached hydrogen (secondary N) is 1. The van der Waals surface area contributed by atoms with E-state index in [4.69, 9.17) is 5.11 Å². The summed E-state index contributed by atoms with van der Waals surface area (Å²) in [6, 6.07) is 0. The molecule has 0 aliphatic heterocycles. The van der Waals surface area contributed by atoms with E-state index < -0.39 is 39.4 Å². The Morgan fingerprint density at radius 3 is 2.15 bits per heavy atom. The molecule has 118 valence electrons. The van der Waals surface area contributed by atoms with Crippen LogP contribution in [0.25, 0.3) is 0 Å². The third kappa shape index (κ3) is 4.96. The molecular formula is C9H14F3NO6S. The van der Waals surface area contributed by atoms with E-state index in [2.05, 4.69) is 4.74 Å². The third-order valence-corrected chi connectivity index (χ3v) is 3.92. The minimum absolute atomic E-state index is 0.202. The number of hydrogen-bond acceptors (Lipinski definition) is 5. The molecule has 0 fully saturated rings. The molecule has 7 nitrogen and oxygen atoms in total. The molecule has 20 heavy (non-hydrogen) atoms. The summed E-state index contributed by atoms with van der Waals surface area (Å²) in [6.45, 7) is 0.202. The number of carbonyl (C=O) groups is 2. The smallest absolute Gasteiger partial charge is 0.418 e. The van der Waals surface area contributed by atoms with Gasteiger partial charge in [-0.1, -0.05) is 0 Å². The van der Waals surface area contributed by atoms with Crippen LogP contribution in [0.1, 0.15) is 19.8 Å². The van der Waals surface area contributed by atoms with Crippen LogP contribution in [0.2, 0.25) is 0 Å². The maximum atomic E-state index is 12.6. The first-order valence-electron chi connectivity index (χ1n) is 5.24. The second-order valence-corrected chi connectivity index (χ2v) is 5.87. The van der Waals surface area contributed by atoms with E-state index in [0.717, 1.165) is 11.8 Å². The van der Waals surface area contributed by atoms with Gasteiger partial charge >= 0.3 is 18.1 Å². The van der Waals surface area contributed by atoms with Crippen molar-refractivity contribution in [1.29, 1.82) is 0 Å². The van der Waals surface area contributed by atoms with Gasteiger partial charge in [-0.15, -0.1) is 0 Å². The summed E-state index contributed by atoms with van der Waals surface area (Å²) >= 11 is 0. The largest absolute Gasteiger partial charge is 0.480 e. The molecule has 0 saturated carbocycles. The van der Waals surface area contributed by atoms with Gasteiger partial charge in [-0.2, -0.15) is 17.9 Å². The molecule has 0 spiro atoms. The number of halogens is 3. The fourth-order valence-electron chi connectivity index (χ4n) is 1.09. The van der Waals surface area contributed by atoms with Crippen LogP contribution >= 0.6 is 0 Å². The second-order valence-electron chi connectivity index (χ2n) is 4.03. The van der Waals surface area contributed by atoms with Crippen molar-refractivity contribution in [2.24, 2.45) is 0 Å². The van der Waals surface area contributed by atoms with Gasteiger partial charge in [0.1, 0.15) is 0 Å². The Morgan fingerprint density at radius 2 is 1.80 bits per heavy atom. The number of ether oxygens (including phenoxy) is 1. The fraction of sp³-hybridized carbons (Fsp3) is 0.778. The molecule has 0 bridgehead atoms. The van der Waals surface area contributed by atoms with Crippen molar-refractivity contribution in [2.45, 2.75) is 31.5 Å². The Balaban J connectivity index is 4.89. The highest BCUT2D eigenvalue weighted by molar-refractivity contribution is 7.89. The maximum absolute atomic E-state index is 12.6. The van der Waals surface area contributed by atoms with Crippen LogP contribution in [-0.4, -0.2) is 50.0 Å². The molecule has 0 rings (SSSR count). The van der Waals surface area contributed by atoms with Crippen LogP contribution in [0.3, 0.4) is 0 Å². The predicted octanol–water partition coefficient (Wildman–Crippen LogP) is 0.265. The highest BCUT2D eigenvalue weighted by Crippen LogP contribution is 2.31. The summed E-state index contributed by atoms with van der Waals surface area (Å²) in [4.78, 5) is 21.4. The van der Waals surface area contributed by atoms with Crippen LogP contribution < -0.4 is 4.72 Å². The number of hydrogen-bond donors (Lipinski definition) is 2. The topological polar surface area (TPSA) is 110 Å². The van der Waals surface area contributed by atoms with Gasteiger partial charge < -0.3 is 9.84 Å². The van der Waals surface area contributed by atoms with Gasteiger partial charge in [0.05, 0.1) is 12.9 Å². The molecule has 11 heteroatoms. The Morgan fingerprint density at radius 1 is 1.30 bits per heavy atom. The zero-order valence-corrected chi connectivity index (χ0v) is 11.5. The molecule has 0 aromatic heterocycles. The first-order chi connectivity index (χ1) is 8.85. The summed E-state index contributed by atoms with van der Waals surface area (Å²) in [5.74, 6) is -3.93. The van der Waals surface area contributed by atoms with E-state index in [1.54, 1.807) is 0 Å². The molecular weight excluding hydrogens is 307 g/mol. The molecule has 2 N–H and O–H groups in total. The molecule has 0 aliphatic rings. The average molecular weight is 321 g/mol. The van der Waals surface area contributed by atoms with Crippen LogP contribution in [0.4, 0.5) is 13.2 Å². The highest BCUT2D eigenvalue weighted by Gasteiger charge is 2.59. The van der Waals surface area contributed by atoms with E-state index in [-0.39, 0.29) is 19.8 Å². The lowest BCUT2D eigenvalue weighted by molar-refractivity contribution is -0.201.